The van der Waals surface area contributed by atoms with Crippen molar-refractivity contribution in [3.05, 3.63) is 30.1 Å². The van der Waals surface area contributed by atoms with Crippen molar-refractivity contribution in [2.24, 2.45) is 5.73 Å². The molecular formula is C11H14FNO3. The average Bonchev–Trinajstić information content (AvgIpc) is 2.28. The molecule has 0 radical (unpaired) electrons. The molecule has 2 N–H and O–H groups in total. The second-order valence-corrected chi connectivity index (χ2v) is 3.22. The number of carbonyl (C=O) groups is 1. The van der Waals surface area contributed by atoms with E-state index in [-0.39, 0.29) is 12.4 Å². The van der Waals surface area contributed by atoms with Gasteiger partial charge in [-0.25, -0.2) is 4.39 Å². The van der Waals surface area contributed by atoms with Crippen molar-refractivity contribution in [2.45, 2.75) is 12.5 Å². The van der Waals surface area contributed by atoms with Crippen LogP contribution in [0.1, 0.15) is 6.42 Å². The number of carbonyl (C=O) groups excluding carboxylic acids is 1. The molecule has 16 heavy (non-hydrogen) atoms. The number of hydrogen-bond acceptors (Lipinski definition) is 4. The SMILES string of the molecule is COC(=O)[C@@H](N)CCOc1cccc(F)c1. The van der Waals surface area contributed by atoms with E-state index in [0.29, 0.717) is 12.2 Å². The minimum atomic E-state index is -0.710. The number of halogens is 1. The molecule has 4 nitrogen and oxygen atoms in total. The molecule has 0 heterocycles. The van der Waals surface area contributed by atoms with E-state index in [9.17, 15) is 9.18 Å². The summed E-state index contributed by atoms with van der Waals surface area (Å²) in [4.78, 5) is 10.9. The maximum Gasteiger partial charge on any atom is 0.322 e. The van der Waals surface area contributed by atoms with Crippen LogP contribution in [0.25, 0.3) is 0 Å². The van der Waals surface area contributed by atoms with Crippen molar-refractivity contribution in [1.29, 1.82) is 0 Å². The molecule has 0 spiro atoms. The molecule has 1 aromatic rings. The van der Waals surface area contributed by atoms with Gasteiger partial charge in [0.15, 0.2) is 0 Å². The summed E-state index contributed by atoms with van der Waals surface area (Å²) in [5.41, 5.74) is 5.49. The predicted molar refractivity (Wildman–Crippen MR) is 56.5 cm³/mol. The van der Waals surface area contributed by atoms with Gasteiger partial charge in [0.05, 0.1) is 13.7 Å². The van der Waals surface area contributed by atoms with Gasteiger partial charge in [-0.2, -0.15) is 0 Å². The molecule has 0 aliphatic carbocycles. The summed E-state index contributed by atoms with van der Waals surface area (Å²) >= 11 is 0. The normalized spacial score (nSPS) is 11.9. The minimum Gasteiger partial charge on any atom is -0.493 e. The molecule has 0 amide bonds. The van der Waals surface area contributed by atoms with Crippen LogP contribution in [-0.2, 0) is 9.53 Å². The number of hydrogen-bond donors (Lipinski definition) is 1. The molecule has 0 saturated heterocycles. The molecule has 0 bridgehead atoms. The molecule has 1 atom stereocenters. The number of nitrogens with two attached hydrogens (primary N) is 1. The zero-order valence-electron chi connectivity index (χ0n) is 8.98. The highest BCUT2D eigenvalue weighted by molar-refractivity contribution is 5.75. The van der Waals surface area contributed by atoms with Crippen LogP contribution < -0.4 is 10.5 Å². The molecule has 1 rings (SSSR count). The van der Waals surface area contributed by atoms with Crippen molar-refractivity contribution < 1.29 is 18.7 Å². The van der Waals surface area contributed by atoms with Gasteiger partial charge in [0.2, 0.25) is 0 Å². The third-order valence-electron chi connectivity index (χ3n) is 2.00. The van der Waals surface area contributed by atoms with Gasteiger partial charge in [-0.1, -0.05) is 6.07 Å². The lowest BCUT2D eigenvalue weighted by Crippen LogP contribution is -2.33. The van der Waals surface area contributed by atoms with Crippen LogP contribution in [0, 0.1) is 5.82 Å². The van der Waals surface area contributed by atoms with Crippen molar-refractivity contribution in [3.8, 4) is 5.75 Å². The lowest BCUT2D eigenvalue weighted by Gasteiger charge is -2.10. The number of esters is 1. The third-order valence-corrected chi connectivity index (χ3v) is 2.00. The second kappa shape index (κ2) is 6.07. The van der Waals surface area contributed by atoms with E-state index in [1.54, 1.807) is 12.1 Å². The highest BCUT2D eigenvalue weighted by Crippen LogP contribution is 2.12. The van der Waals surface area contributed by atoms with E-state index < -0.39 is 12.0 Å². The Kier molecular flexibility index (Phi) is 4.72. The second-order valence-electron chi connectivity index (χ2n) is 3.22. The number of methoxy groups -OCH3 is 1. The lowest BCUT2D eigenvalue weighted by atomic mass is 10.2. The monoisotopic (exact) mass is 227 g/mol. The smallest absolute Gasteiger partial charge is 0.322 e. The van der Waals surface area contributed by atoms with E-state index in [1.165, 1.54) is 19.2 Å². The summed E-state index contributed by atoms with van der Waals surface area (Å²) in [5, 5.41) is 0. The van der Waals surface area contributed by atoms with E-state index in [1.807, 2.05) is 0 Å². The Bertz CT molecular complexity index is 357. The average molecular weight is 227 g/mol. The summed E-state index contributed by atoms with van der Waals surface area (Å²) in [7, 11) is 1.27. The first kappa shape index (κ1) is 12.4. The number of ether oxygens (including phenoxy) is 2. The molecule has 0 fully saturated rings. The zero-order valence-corrected chi connectivity index (χ0v) is 8.98. The van der Waals surface area contributed by atoms with E-state index in [0.717, 1.165) is 0 Å². The molecular weight excluding hydrogens is 213 g/mol. The molecule has 0 unspecified atom stereocenters. The molecule has 0 aliphatic rings. The minimum absolute atomic E-state index is 0.236. The Morgan fingerprint density at radius 2 is 2.31 bits per heavy atom. The van der Waals surface area contributed by atoms with Crippen LogP contribution in [0.15, 0.2) is 24.3 Å². The van der Waals surface area contributed by atoms with Crippen LogP contribution in [0.2, 0.25) is 0 Å². The van der Waals surface area contributed by atoms with Gasteiger partial charge in [0.1, 0.15) is 17.6 Å². The van der Waals surface area contributed by atoms with E-state index in [4.69, 9.17) is 10.5 Å². The molecule has 1 aromatic carbocycles. The van der Waals surface area contributed by atoms with E-state index >= 15 is 0 Å². The topological polar surface area (TPSA) is 61.5 Å². The third kappa shape index (κ3) is 3.86. The van der Waals surface area contributed by atoms with Crippen LogP contribution in [-0.4, -0.2) is 25.7 Å². The fourth-order valence-corrected chi connectivity index (χ4v) is 1.13. The van der Waals surface area contributed by atoms with Gasteiger partial charge in [0, 0.05) is 12.5 Å². The first-order chi connectivity index (χ1) is 7.63. The lowest BCUT2D eigenvalue weighted by molar-refractivity contribution is -0.142. The van der Waals surface area contributed by atoms with Gasteiger partial charge in [0.25, 0.3) is 0 Å². The Balaban J connectivity index is 2.33. The highest BCUT2D eigenvalue weighted by atomic mass is 19.1. The van der Waals surface area contributed by atoms with Crippen LogP contribution in [0.5, 0.6) is 5.75 Å². The standard InChI is InChI=1S/C11H14FNO3/c1-15-11(14)10(13)5-6-16-9-4-2-3-8(12)7-9/h2-4,7,10H,5-6,13H2,1H3/t10-/m0/s1. The van der Waals surface area contributed by atoms with Crippen LogP contribution >= 0.6 is 0 Å². The van der Waals surface area contributed by atoms with Gasteiger partial charge in [-0.3, -0.25) is 4.79 Å². The maximum atomic E-state index is 12.8. The zero-order chi connectivity index (χ0) is 12.0. The predicted octanol–water partition coefficient (Wildman–Crippen LogP) is 1.09. The summed E-state index contributed by atoms with van der Waals surface area (Å²) in [6.45, 7) is 0.236. The molecule has 0 aromatic heterocycles. The highest BCUT2D eigenvalue weighted by Gasteiger charge is 2.13. The fourth-order valence-electron chi connectivity index (χ4n) is 1.13. The number of benzene rings is 1. The fraction of sp³-hybridized carbons (Fsp3) is 0.364. The van der Waals surface area contributed by atoms with Crippen LogP contribution in [0.3, 0.4) is 0 Å². The Hall–Kier alpha value is -1.62. The summed E-state index contributed by atoms with van der Waals surface area (Å²) in [6.07, 6.45) is 0.323. The van der Waals surface area contributed by atoms with E-state index in [2.05, 4.69) is 4.74 Å². The largest absolute Gasteiger partial charge is 0.493 e. The summed E-state index contributed by atoms with van der Waals surface area (Å²) in [6, 6.07) is 5.06. The Morgan fingerprint density at radius 1 is 1.56 bits per heavy atom. The first-order valence-electron chi connectivity index (χ1n) is 4.85. The summed E-state index contributed by atoms with van der Waals surface area (Å²) < 4.78 is 22.4. The maximum absolute atomic E-state index is 12.8. The Morgan fingerprint density at radius 3 is 2.94 bits per heavy atom. The van der Waals surface area contributed by atoms with Gasteiger partial charge >= 0.3 is 5.97 Å². The van der Waals surface area contributed by atoms with Crippen molar-refractivity contribution in [1.82, 2.24) is 0 Å². The molecule has 0 saturated carbocycles. The first-order valence-corrected chi connectivity index (χ1v) is 4.85. The molecule has 5 heteroatoms. The van der Waals surface area contributed by atoms with Crippen molar-refractivity contribution >= 4 is 5.97 Å². The number of rotatable bonds is 5. The summed E-state index contributed by atoms with van der Waals surface area (Å²) in [5.74, 6) is -0.435. The van der Waals surface area contributed by atoms with Crippen molar-refractivity contribution in [2.75, 3.05) is 13.7 Å². The van der Waals surface area contributed by atoms with Gasteiger partial charge < -0.3 is 15.2 Å². The van der Waals surface area contributed by atoms with Gasteiger partial charge in [-0.15, -0.1) is 0 Å². The quantitative estimate of drug-likeness (QED) is 0.765. The molecule has 88 valence electrons. The van der Waals surface area contributed by atoms with Gasteiger partial charge in [-0.05, 0) is 12.1 Å². The Labute approximate surface area is 93.2 Å². The van der Waals surface area contributed by atoms with Crippen LogP contribution in [0.4, 0.5) is 4.39 Å². The van der Waals surface area contributed by atoms with Crippen molar-refractivity contribution in [3.63, 3.8) is 0 Å². The molecule has 0 aliphatic heterocycles.